The molecule has 0 aliphatic heterocycles. The number of nitrogens with zero attached hydrogens (tertiary/aromatic N) is 1. The van der Waals surface area contributed by atoms with Crippen LogP contribution in [0.3, 0.4) is 0 Å². The van der Waals surface area contributed by atoms with E-state index < -0.39 is 5.97 Å². The van der Waals surface area contributed by atoms with Crippen LogP contribution in [0.4, 0.5) is 0 Å². The third kappa shape index (κ3) is 3.31. The quantitative estimate of drug-likeness (QED) is 0.914. The minimum Gasteiger partial charge on any atom is -0.494 e. The first-order chi connectivity index (χ1) is 10.0. The highest BCUT2D eigenvalue weighted by atomic mass is 16.5. The van der Waals surface area contributed by atoms with Crippen molar-refractivity contribution >= 4 is 5.97 Å². The Bertz CT molecular complexity index is 701. The first-order valence-corrected chi connectivity index (χ1v) is 6.67. The Kier molecular flexibility index (Phi) is 4.42. The average Bonchev–Trinajstić information content (AvgIpc) is 2.45. The first kappa shape index (κ1) is 14.8. The van der Waals surface area contributed by atoms with Gasteiger partial charge in [-0.3, -0.25) is 9.59 Å². The molecule has 0 aliphatic rings. The van der Waals surface area contributed by atoms with Crippen molar-refractivity contribution in [2.45, 2.75) is 13.3 Å². The lowest BCUT2D eigenvalue weighted by atomic mass is 10.1. The van der Waals surface area contributed by atoms with Crippen molar-refractivity contribution in [2.24, 2.45) is 7.05 Å². The number of rotatable bonds is 5. The lowest BCUT2D eigenvalue weighted by Gasteiger charge is -2.11. The topological polar surface area (TPSA) is 68.5 Å². The number of carbonyl (C=O) groups is 1. The molecule has 0 spiro atoms. The summed E-state index contributed by atoms with van der Waals surface area (Å²) >= 11 is 0. The van der Waals surface area contributed by atoms with E-state index in [2.05, 4.69) is 0 Å². The molecule has 5 heteroatoms. The average molecular weight is 287 g/mol. The van der Waals surface area contributed by atoms with Crippen molar-refractivity contribution in [3.8, 4) is 17.0 Å². The van der Waals surface area contributed by atoms with Crippen LogP contribution in [0.1, 0.15) is 12.5 Å². The number of aromatic nitrogens is 1. The van der Waals surface area contributed by atoms with Gasteiger partial charge in [-0.05, 0) is 42.8 Å². The van der Waals surface area contributed by atoms with Gasteiger partial charge < -0.3 is 14.4 Å². The molecule has 21 heavy (non-hydrogen) atoms. The molecule has 1 aromatic carbocycles. The van der Waals surface area contributed by atoms with E-state index in [0.717, 1.165) is 17.0 Å². The van der Waals surface area contributed by atoms with Crippen molar-refractivity contribution in [1.82, 2.24) is 4.57 Å². The zero-order valence-electron chi connectivity index (χ0n) is 12.0. The zero-order valence-corrected chi connectivity index (χ0v) is 12.0. The Morgan fingerprint density at radius 3 is 2.43 bits per heavy atom. The summed E-state index contributed by atoms with van der Waals surface area (Å²) in [5.74, 6) is -0.241. The number of carboxylic acid groups (broad SMARTS) is 1. The van der Waals surface area contributed by atoms with Crippen LogP contribution in [0.5, 0.6) is 5.75 Å². The highest BCUT2D eigenvalue weighted by Crippen LogP contribution is 2.21. The van der Waals surface area contributed by atoms with Crippen LogP contribution in [-0.2, 0) is 18.3 Å². The number of benzene rings is 1. The highest BCUT2D eigenvalue weighted by Gasteiger charge is 2.10. The normalized spacial score (nSPS) is 10.4. The molecule has 0 saturated carbocycles. The standard InChI is InChI=1S/C16H17NO4/c1-3-21-13-7-4-11(5-8-13)14-9-6-12(10-15(18)19)16(20)17(14)2/h4-9H,3,10H2,1-2H3,(H,18,19). The predicted octanol–water partition coefficient (Wildman–Crippen LogP) is 2.08. The summed E-state index contributed by atoms with van der Waals surface area (Å²) in [4.78, 5) is 22.9. The number of pyridine rings is 1. The van der Waals surface area contributed by atoms with E-state index in [1.807, 2.05) is 31.2 Å². The van der Waals surface area contributed by atoms with Crippen LogP contribution < -0.4 is 10.3 Å². The van der Waals surface area contributed by atoms with E-state index in [1.54, 1.807) is 19.2 Å². The molecule has 2 aromatic rings. The lowest BCUT2D eigenvalue weighted by molar-refractivity contribution is -0.136. The molecule has 110 valence electrons. The fraction of sp³-hybridized carbons (Fsp3) is 0.250. The van der Waals surface area contributed by atoms with Gasteiger partial charge in [-0.25, -0.2) is 0 Å². The molecule has 0 amide bonds. The minimum absolute atomic E-state index is 0.268. The zero-order chi connectivity index (χ0) is 15.4. The second-order valence-electron chi connectivity index (χ2n) is 4.64. The Morgan fingerprint density at radius 2 is 1.86 bits per heavy atom. The number of hydrogen-bond acceptors (Lipinski definition) is 3. The molecule has 0 fully saturated rings. The summed E-state index contributed by atoms with van der Waals surface area (Å²) in [6.45, 7) is 2.51. The molecule has 0 bridgehead atoms. The molecule has 0 unspecified atom stereocenters. The van der Waals surface area contributed by atoms with Crippen LogP contribution in [0, 0.1) is 0 Å². The fourth-order valence-electron chi connectivity index (χ4n) is 2.16. The lowest BCUT2D eigenvalue weighted by Crippen LogP contribution is -2.23. The Labute approximate surface area is 122 Å². The first-order valence-electron chi connectivity index (χ1n) is 6.67. The third-order valence-corrected chi connectivity index (χ3v) is 3.19. The van der Waals surface area contributed by atoms with Gasteiger partial charge in [0.25, 0.3) is 5.56 Å². The summed E-state index contributed by atoms with van der Waals surface area (Å²) in [6.07, 6.45) is -0.268. The smallest absolute Gasteiger partial charge is 0.308 e. The Morgan fingerprint density at radius 1 is 1.19 bits per heavy atom. The minimum atomic E-state index is -1.01. The molecule has 0 radical (unpaired) electrons. The Hall–Kier alpha value is -2.56. The third-order valence-electron chi connectivity index (χ3n) is 3.19. The molecule has 1 heterocycles. The van der Waals surface area contributed by atoms with Gasteiger partial charge in [0.05, 0.1) is 18.7 Å². The van der Waals surface area contributed by atoms with Gasteiger partial charge in [-0.2, -0.15) is 0 Å². The van der Waals surface area contributed by atoms with Crippen LogP contribution >= 0.6 is 0 Å². The summed E-state index contributed by atoms with van der Waals surface area (Å²) in [5, 5.41) is 8.79. The van der Waals surface area contributed by atoms with Crippen molar-refractivity contribution < 1.29 is 14.6 Å². The molecular weight excluding hydrogens is 270 g/mol. The summed E-state index contributed by atoms with van der Waals surface area (Å²) in [5.41, 5.74) is 1.60. The molecule has 2 rings (SSSR count). The van der Waals surface area contributed by atoms with Crippen LogP contribution in [0.2, 0.25) is 0 Å². The molecule has 0 atom stereocenters. The van der Waals surface area contributed by atoms with Crippen LogP contribution in [0.15, 0.2) is 41.2 Å². The van der Waals surface area contributed by atoms with E-state index in [4.69, 9.17) is 9.84 Å². The highest BCUT2D eigenvalue weighted by molar-refractivity contribution is 5.70. The van der Waals surface area contributed by atoms with Gasteiger partial charge >= 0.3 is 5.97 Å². The van der Waals surface area contributed by atoms with Crippen molar-refractivity contribution in [3.63, 3.8) is 0 Å². The monoisotopic (exact) mass is 287 g/mol. The van der Waals surface area contributed by atoms with Crippen molar-refractivity contribution in [1.29, 1.82) is 0 Å². The van der Waals surface area contributed by atoms with Crippen molar-refractivity contribution in [3.05, 3.63) is 52.3 Å². The largest absolute Gasteiger partial charge is 0.494 e. The number of aliphatic carboxylic acids is 1. The SMILES string of the molecule is CCOc1ccc(-c2ccc(CC(=O)O)c(=O)n2C)cc1. The second kappa shape index (κ2) is 6.26. The van der Waals surface area contributed by atoms with Gasteiger partial charge in [-0.15, -0.1) is 0 Å². The number of ether oxygens (including phenoxy) is 1. The maximum atomic E-state index is 12.1. The van der Waals surface area contributed by atoms with Crippen molar-refractivity contribution in [2.75, 3.05) is 6.61 Å². The molecule has 1 N–H and O–H groups in total. The van der Waals surface area contributed by atoms with E-state index in [0.29, 0.717) is 6.61 Å². The Balaban J connectivity index is 2.38. The van der Waals surface area contributed by atoms with Gasteiger partial charge in [0.2, 0.25) is 0 Å². The molecule has 1 aromatic heterocycles. The fourth-order valence-corrected chi connectivity index (χ4v) is 2.16. The van der Waals surface area contributed by atoms with Gasteiger partial charge in [0, 0.05) is 12.6 Å². The maximum Gasteiger partial charge on any atom is 0.308 e. The van der Waals surface area contributed by atoms with E-state index in [-0.39, 0.29) is 17.5 Å². The van der Waals surface area contributed by atoms with E-state index in [1.165, 1.54) is 4.57 Å². The summed E-state index contributed by atoms with van der Waals surface area (Å²) < 4.78 is 6.85. The molecular formula is C16H17NO4. The van der Waals surface area contributed by atoms with Gasteiger partial charge in [-0.1, -0.05) is 6.07 Å². The number of hydrogen-bond donors (Lipinski definition) is 1. The number of carboxylic acids is 1. The maximum absolute atomic E-state index is 12.1. The molecule has 0 aliphatic carbocycles. The second-order valence-corrected chi connectivity index (χ2v) is 4.64. The summed E-state index contributed by atoms with van der Waals surface area (Å²) in [6, 6.07) is 10.8. The van der Waals surface area contributed by atoms with Gasteiger partial charge in [0.1, 0.15) is 5.75 Å². The van der Waals surface area contributed by atoms with Crippen LogP contribution in [0.25, 0.3) is 11.3 Å². The van der Waals surface area contributed by atoms with E-state index in [9.17, 15) is 9.59 Å². The molecule has 0 saturated heterocycles. The van der Waals surface area contributed by atoms with Crippen LogP contribution in [-0.4, -0.2) is 22.2 Å². The summed E-state index contributed by atoms with van der Waals surface area (Å²) in [7, 11) is 1.64. The van der Waals surface area contributed by atoms with E-state index >= 15 is 0 Å². The molecule has 5 nitrogen and oxygen atoms in total. The predicted molar refractivity (Wildman–Crippen MR) is 79.6 cm³/mol. The van der Waals surface area contributed by atoms with Gasteiger partial charge in [0.15, 0.2) is 0 Å².